The van der Waals surface area contributed by atoms with Gasteiger partial charge in [0.05, 0.1) is 13.7 Å². The van der Waals surface area contributed by atoms with Gasteiger partial charge in [-0.25, -0.2) is 14.5 Å². The molecule has 0 fully saturated rings. The molecule has 0 aliphatic rings. The van der Waals surface area contributed by atoms with Crippen molar-refractivity contribution in [3.05, 3.63) is 29.8 Å². The quantitative estimate of drug-likeness (QED) is 0.819. The topological polar surface area (TPSA) is 65.1 Å². The van der Waals surface area contributed by atoms with Crippen LogP contribution in [0, 0.1) is 0 Å². The molecule has 0 heterocycles. The molecule has 1 aromatic carbocycles. The van der Waals surface area contributed by atoms with Crippen LogP contribution in [0.4, 0.5) is 9.59 Å². The summed E-state index contributed by atoms with van der Waals surface area (Å²) in [4.78, 5) is 25.8. The first kappa shape index (κ1) is 19.8. The van der Waals surface area contributed by atoms with Crippen LogP contribution in [0.1, 0.15) is 47.1 Å². The lowest BCUT2D eigenvalue weighted by Crippen LogP contribution is -2.43. The molecular formula is C18H27NO5. The number of hydrogen-bond donors (Lipinski definition) is 0. The van der Waals surface area contributed by atoms with Crippen LogP contribution in [0.25, 0.3) is 0 Å². The lowest BCUT2D eigenvalue weighted by atomic mass is 10.2. The third kappa shape index (κ3) is 6.48. The number of nitrogens with zero attached hydrogens (tertiary/aromatic N) is 1. The number of amides is 2. The van der Waals surface area contributed by atoms with E-state index >= 15 is 0 Å². The van der Waals surface area contributed by atoms with E-state index < -0.39 is 23.4 Å². The Morgan fingerprint density at radius 1 is 0.917 bits per heavy atom. The van der Waals surface area contributed by atoms with Crippen LogP contribution in [0.15, 0.2) is 24.3 Å². The average molecular weight is 337 g/mol. The number of imide groups is 1. The molecule has 0 atom stereocenters. The van der Waals surface area contributed by atoms with Gasteiger partial charge in [-0.1, -0.05) is 18.2 Å². The first-order valence-corrected chi connectivity index (χ1v) is 7.78. The van der Waals surface area contributed by atoms with E-state index in [4.69, 9.17) is 14.2 Å². The third-order valence-corrected chi connectivity index (χ3v) is 2.75. The number of para-hydroxylation sites is 1. The predicted molar refractivity (Wildman–Crippen MR) is 91.0 cm³/mol. The maximum absolute atomic E-state index is 12.5. The summed E-state index contributed by atoms with van der Waals surface area (Å²) in [5.74, 6) is 0.578. The van der Waals surface area contributed by atoms with E-state index in [0.717, 1.165) is 4.90 Å². The van der Waals surface area contributed by atoms with Gasteiger partial charge in [0.15, 0.2) is 0 Å². The van der Waals surface area contributed by atoms with E-state index in [1.54, 1.807) is 59.7 Å². The number of carbonyl (C=O) groups is 2. The molecule has 0 radical (unpaired) electrons. The SMILES string of the molecule is COc1ccccc1CN(C(=O)OC(C)(C)C)C(=O)OC(C)(C)C. The summed E-state index contributed by atoms with van der Waals surface area (Å²) >= 11 is 0. The van der Waals surface area contributed by atoms with Gasteiger partial charge in [0, 0.05) is 5.56 Å². The number of ether oxygens (including phenoxy) is 3. The van der Waals surface area contributed by atoms with Gasteiger partial charge in [0.1, 0.15) is 17.0 Å². The van der Waals surface area contributed by atoms with E-state index in [1.165, 1.54) is 7.11 Å². The summed E-state index contributed by atoms with van der Waals surface area (Å²) in [5.41, 5.74) is -0.771. The Hall–Kier alpha value is -2.24. The van der Waals surface area contributed by atoms with Crippen LogP contribution in [0.2, 0.25) is 0 Å². The normalized spacial score (nSPS) is 11.6. The van der Waals surface area contributed by atoms with Crippen molar-refractivity contribution >= 4 is 12.2 Å². The molecule has 0 saturated heterocycles. The van der Waals surface area contributed by atoms with Crippen molar-refractivity contribution in [1.29, 1.82) is 0 Å². The van der Waals surface area contributed by atoms with Crippen molar-refractivity contribution in [1.82, 2.24) is 4.90 Å². The molecule has 24 heavy (non-hydrogen) atoms. The number of hydrogen-bond acceptors (Lipinski definition) is 5. The number of rotatable bonds is 3. The van der Waals surface area contributed by atoms with E-state index in [2.05, 4.69) is 0 Å². The minimum absolute atomic E-state index is 0.00611. The lowest BCUT2D eigenvalue weighted by Gasteiger charge is -2.28. The zero-order chi connectivity index (χ0) is 18.5. The van der Waals surface area contributed by atoms with Crippen molar-refractivity contribution < 1.29 is 23.8 Å². The van der Waals surface area contributed by atoms with Crippen molar-refractivity contribution in [2.45, 2.75) is 59.3 Å². The molecule has 6 nitrogen and oxygen atoms in total. The fourth-order valence-electron chi connectivity index (χ4n) is 1.84. The van der Waals surface area contributed by atoms with Crippen LogP contribution in [0.5, 0.6) is 5.75 Å². The van der Waals surface area contributed by atoms with Crippen LogP contribution in [-0.2, 0) is 16.0 Å². The standard InChI is InChI=1S/C18H27NO5/c1-17(2,3)23-15(20)19(16(21)24-18(4,5)6)12-13-10-8-9-11-14(13)22-7/h8-11H,12H2,1-7H3. The second-order valence-electron chi connectivity index (χ2n) is 7.36. The molecule has 0 spiro atoms. The third-order valence-electron chi connectivity index (χ3n) is 2.75. The van der Waals surface area contributed by atoms with Gasteiger partial charge < -0.3 is 14.2 Å². The Kier molecular flexibility index (Phi) is 6.23. The Bertz CT molecular complexity index is 556. The highest BCUT2D eigenvalue weighted by Gasteiger charge is 2.31. The fourth-order valence-corrected chi connectivity index (χ4v) is 1.84. The monoisotopic (exact) mass is 337 g/mol. The fraction of sp³-hybridized carbons (Fsp3) is 0.556. The predicted octanol–water partition coefficient (Wildman–Crippen LogP) is 4.37. The van der Waals surface area contributed by atoms with Crippen molar-refractivity contribution in [2.75, 3.05) is 7.11 Å². The molecule has 2 amide bonds. The largest absolute Gasteiger partial charge is 0.496 e. The summed E-state index contributed by atoms with van der Waals surface area (Å²) in [6.07, 6.45) is -1.52. The van der Waals surface area contributed by atoms with Crippen LogP contribution in [0.3, 0.4) is 0 Å². The molecule has 1 aromatic rings. The van der Waals surface area contributed by atoms with Crippen LogP contribution < -0.4 is 4.74 Å². The molecule has 0 aliphatic carbocycles. The summed E-state index contributed by atoms with van der Waals surface area (Å²) in [6.45, 7) is 10.4. The molecule has 0 bridgehead atoms. The van der Waals surface area contributed by atoms with Crippen molar-refractivity contribution in [2.24, 2.45) is 0 Å². The van der Waals surface area contributed by atoms with Crippen molar-refractivity contribution in [3.8, 4) is 5.75 Å². The summed E-state index contributed by atoms with van der Waals surface area (Å²) < 4.78 is 15.9. The first-order valence-electron chi connectivity index (χ1n) is 7.78. The molecule has 0 unspecified atom stereocenters. The Balaban J connectivity index is 3.08. The number of carbonyl (C=O) groups excluding carboxylic acids is 2. The van der Waals surface area contributed by atoms with E-state index in [-0.39, 0.29) is 6.54 Å². The summed E-state index contributed by atoms with van der Waals surface area (Å²) in [5, 5.41) is 0. The van der Waals surface area contributed by atoms with Gasteiger partial charge in [-0.3, -0.25) is 0 Å². The number of methoxy groups -OCH3 is 1. The van der Waals surface area contributed by atoms with Gasteiger partial charge in [-0.05, 0) is 47.6 Å². The zero-order valence-electron chi connectivity index (χ0n) is 15.5. The van der Waals surface area contributed by atoms with E-state index in [0.29, 0.717) is 11.3 Å². The molecule has 1 rings (SSSR count). The van der Waals surface area contributed by atoms with Gasteiger partial charge >= 0.3 is 12.2 Å². The van der Waals surface area contributed by atoms with Gasteiger partial charge in [0.25, 0.3) is 0 Å². The molecule has 0 aromatic heterocycles. The molecule has 134 valence electrons. The minimum Gasteiger partial charge on any atom is -0.496 e. The first-order chi connectivity index (χ1) is 10.9. The van der Waals surface area contributed by atoms with Gasteiger partial charge in [0.2, 0.25) is 0 Å². The summed E-state index contributed by atoms with van der Waals surface area (Å²) in [6, 6.07) is 7.16. The molecule has 0 saturated carbocycles. The van der Waals surface area contributed by atoms with E-state index in [9.17, 15) is 9.59 Å². The Morgan fingerprint density at radius 2 is 1.38 bits per heavy atom. The Morgan fingerprint density at radius 3 is 1.79 bits per heavy atom. The highest BCUT2D eigenvalue weighted by molar-refractivity contribution is 5.88. The second kappa shape index (κ2) is 7.55. The second-order valence-corrected chi connectivity index (χ2v) is 7.36. The molecular weight excluding hydrogens is 310 g/mol. The highest BCUT2D eigenvalue weighted by Crippen LogP contribution is 2.22. The van der Waals surface area contributed by atoms with Crippen molar-refractivity contribution in [3.63, 3.8) is 0 Å². The molecule has 6 heteroatoms. The van der Waals surface area contributed by atoms with E-state index in [1.807, 2.05) is 6.07 Å². The van der Waals surface area contributed by atoms with Gasteiger partial charge in [-0.15, -0.1) is 0 Å². The smallest absolute Gasteiger partial charge is 0.420 e. The molecule has 0 N–H and O–H groups in total. The highest BCUT2D eigenvalue weighted by atomic mass is 16.6. The number of benzene rings is 1. The summed E-state index contributed by atoms with van der Waals surface area (Å²) in [7, 11) is 1.53. The lowest BCUT2D eigenvalue weighted by molar-refractivity contribution is -0.000328. The van der Waals surface area contributed by atoms with Crippen LogP contribution in [-0.4, -0.2) is 35.4 Å². The van der Waals surface area contributed by atoms with Crippen LogP contribution >= 0.6 is 0 Å². The minimum atomic E-state index is -0.761. The maximum atomic E-state index is 12.5. The molecule has 0 aliphatic heterocycles. The maximum Gasteiger partial charge on any atom is 0.420 e. The average Bonchev–Trinajstić information content (AvgIpc) is 2.41. The zero-order valence-corrected chi connectivity index (χ0v) is 15.5. The van der Waals surface area contributed by atoms with Gasteiger partial charge in [-0.2, -0.15) is 0 Å². The Labute approximate surface area is 143 Å².